The maximum absolute atomic E-state index is 13.4. The van der Waals surface area contributed by atoms with Gasteiger partial charge in [-0.3, -0.25) is 4.79 Å². The lowest BCUT2D eigenvalue weighted by molar-refractivity contribution is 0.102. The van der Waals surface area contributed by atoms with E-state index in [0.29, 0.717) is 28.0 Å². The summed E-state index contributed by atoms with van der Waals surface area (Å²) in [6, 6.07) is 18.7. The molecule has 0 saturated heterocycles. The average Bonchev–Trinajstić information content (AvgIpc) is 3.15. The minimum Gasteiger partial charge on any atom is -0.497 e. The van der Waals surface area contributed by atoms with Gasteiger partial charge in [0.25, 0.3) is 5.91 Å². The number of nitrogens with one attached hydrogen (secondary N) is 1. The Hall–Kier alpha value is -3.73. The van der Waals surface area contributed by atoms with Gasteiger partial charge in [0.2, 0.25) is 0 Å². The van der Waals surface area contributed by atoms with Gasteiger partial charge in [-0.2, -0.15) is 0 Å². The van der Waals surface area contributed by atoms with Crippen molar-refractivity contribution in [3.63, 3.8) is 0 Å². The van der Waals surface area contributed by atoms with E-state index in [0.717, 1.165) is 28.1 Å². The molecule has 4 aromatic rings. The predicted molar refractivity (Wildman–Crippen MR) is 119 cm³/mol. The van der Waals surface area contributed by atoms with E-state index >= 15 is 0 Å². The van der Waals surface area contributed by atoms with E-state index in [9.17, 15) is 4.79 Å². The molecule has 0 atom stereocenters. The van der Waals surface area contributed by atoms with E-state index in [1.54, 1.807) is 14.2 Å². The number of hydrogen-bond donors (Lipinski definition) is 1. The van der Waals surface area contributed by atoms with Gasteiger partial charge in [-0.15, -0.1) is 0 Å². The Balaban J connectivity index is 1.86. The third kappa shape index (κ3) is 3.50. The number of hydrogen-bond acceptors (Lipinski definition) is 4. The van der Waals surface area contributed by atoms with Crippen molar-refractivity contribution in [3.05, 3.63) is 77.4 Å². The van der Waals surface area contributed by atoms with E-state index in [4.69, 9.17) is 13.9 Å². The van der Waals surface area contributed by atoms with Crippen molar-refractivity contribution in [2.75, 3.05) is 19.5 Å². The van der Waals surface area contributed by atoms with Crippen molar-refractivity contribution < 1.29 is 18.7 Å². The van der Waals surface area contributed by atoms with Crippen LogP contribution in [0.3, 0.4) is 0 Å². The average molecular weight is 401 g/mol. The maximum atomic E-state index is 13.4. The number of aryl methyl sites for hydroxylation is 1. The van der Waals surface area contributed by atoms with E-state index in [1.165, 1.54) is 0 Å². The van der Waals surface area contributed by atoms with Crippen LogP contribution in [-0.2, 0) is 0 Å². The lowest BCUT2D eigenvalue weighted by Crippen LogP contribution is -2.13. The third-order valence-corrected chi connectivity index (χ3v) is 5.33. The van der Waals surface area contributed by atoms with Crippen LogP contribution in [0, 0.1) is 13.8 Å². The normalized spacial score (nSPS) is 10.8. The molecular weight excluding hydrogens is 378 g/mol. The highest BCUT2D eigenvalue weighted by atomic mass is 16.5. The second-order valence-electron chi connectivity index (χ2n) is 7.10. The van der Waals surface area contributed by atoms with E-state index < -0.39 is 0 Å². The summed E-state index contributed by atoms with van der Waals surface area (Å²) in [5.41, 5.74) is 4.79. The van der Waals surface area contributed by atoms with Crippen LogP contribution >= 0.6 is 0 Å². The van der Waals surface area contributed by atoms with Crippen LogP contribution in [-0.4, -0.2) is 20.1 Å². The van der Waals surface area contributed by atoms with Gasteiger partial charge in [-0.25, -0.2) is 0 Å². The summed E-state index contributed by atoms with van der Waals surface area (Å²) in [6.45, 7) is 4.01. The fraction of sp³-hybridized carbons (Fsp3) is 0.160. The number of anilines is 1. The Morgan fingerprint density at radius 1 is 0.900 bits per heavy atom. The highest BCUT2D eigenvalue weighted by molar-refractivity contribution is 6.16. The summed E-state index contributed by atoms with van der Waals surface area (Å²) in [5, 5.41) is 3.75. The molecule has 4 rings (SSSR count). The summed E-state index contributed by atoms with van der Waals surface area (Å²) in [5.74, 6) is 1.66. The predicted octanol–water partition coefficient (Wildman–Crippen LogP) is 5.99. The molecule has 1 N–H and O–H groups in total. The molecule has 30 heavy (non-hydrogen) atoms. The van der Waals surface area contributed by atoms with Crippen molar-refractivity contribution in [2.45, 2.75) is 13.8 Å². The molecule has 0 aliphatic carbocycles. The fourth-order valence-electron chi connectivity index (χ4n) is 3.45. The number of methoxy groups -OCH3 is 2. The first kappa shape index (κ1) is 19.6. The van der Waals surface area contributed by atoms with Crippen molar-refractivity contribution in [3.8, 4) is 22.8 Å². The fourth-order valence-corrected chi connectivity index (χ4v) is 3.45. The lowest BCUT2D eigenvalue weighted by atomic mass is 10.0. The minimum absolute atomic E-state index is 0.235. The second kappa shape index (κ2) is 7.95. The molecule has 0 saturated carbocycles. The Labute approximate surface area is 175 Å². The number of ether oxygens (including phenoxy) is 2. The number of carbonyl (C=O) groups excluding carboxylic acids is 1. The molecule has 0 unspecified atom stereocenters. The third-order valence-electron chi connectivity index (χ3n) is 5.33. The second-order valence-corrected chi connectivity index (χ2v) is 7.10. The van der Waals surface area contributed by atoms with Crippen LogP contribution in [0.5, 0.6) is 11.5 Å². The molecule has 1 heterocycles. The first-order valence-electron chi connectivity index (χ1n) is 9.64. The standard InChI is InChI=1S/C25H23NO4/c1-15-6-5-7-21(16(15)2)26-25(27)23-20-14-19(29-4)12-13-22(20)30-24(23)17-8-10-18(28-3)11-9-17/h5-14H,1-4H3,(H,26,27). The molecule has 3 aromatic carbocycles. The van der Waals surface area contributed by atoms with Crippen molar-refractivity contribution in [1.82, 2.24) is 0 Å². The molecular formula is C25H23NO4. The molecule has 0 spiro atoms. The number of benzene rings is 3. The Bertz CT molecular complexity index is 1220. The van der Waals surface area contributed by atoms with Crippen LogP contribution in [0.25, 0.3) is 22.3 Å². The summed E-state index contributed by atoms with van der Waals surface area (Å²) in [7, 11) is 3.22. The van der Waals surface area contributed by atoms with Gasteiger partial charge >= 0.3 is 0 Å². The van der Waals surface area contributed by atoms with Crippen LogP contribution in [0.15, 0.2) is 65.1 Å². The first-order valence-corrected chi connectivity index (χ1v) is 9.64. The van der Waals surface area contributed by atoms with Gasteiger partial charge < -0.3 is 19.2 Å². The van der Waals surface area contributed by atoms with Gasteiger partial charge in [-0.05, 0) is 73.5 Å². The highest BCUT2D eigenvalue weighted by Crippen LogP contribution is 2.37. The Kier molecular flexibility index (Phi) is 5.19. The largest absolute Gasteiger partial charge is 0.497 e. The zero-order valence-corrected chi connectivity index (χ0v) is 17.4. The summed E-state index contributed by atoms with van der Waals surface area (Å²) in [6.07, 6.45) is 0. The van der Waals surface area contributed by atoms with Gasteiger partial charge in [-0.1, -0.05) is 12.1 Å². The van der Waals surface area contributed by atoms with Crippen LogP contribution in [0.4, 0.5) is 5.69 Å². The Morgan fingerprint density at radius 2 is 1.60 bits per heavy atom. The zero-order valence-electron chi connectivity index (χ0n) is 17.4. The summed E-state index contributed by atoms with van der Waals surface area (Å²) >= 11 is 0. The smallest absolute Gasteiger partial charge is 0.260 e. The monoisotopic (exact) mass is 401 g/mol. The van der Waals surface area contributed by atoms with Gasteiger partial charge in [0, 0.05) is 16.6 Å². The highest BCUT2D eigenvalue weighted by Gasteiger charge is 2.23. The number of amides is 1. The molecule has 0 radical (unpaired) electrons. The van der Waals surface area contributed by atoms with Crippen molar-refractivity contribution >= 4 is 22.6 Å². The van der Waals surface area contributed by atoms with E-state index in [1.807, 2.05) is 74.5 Å². The van der Waals surface area contributed by atoms with E-state index in [-0.39, 0.29) is 5.91 Å². The molecule has 5 heteroatoms. The molecule has 1 amide bonds. The molecule has 1 aromatic heterocycles. The lowest BCUT2D eigenvalue weighted by Gasteiger charge is -2.11. The molecule has 0 fully saturated rings. The number of furan rings is 1. The molecule has 5 nitrogen and oxygen atoms in total. The molecule has 0 bridgehead atoms. The molecule has 0 aliphatic heterocycles. The molecule has 0 aliphatic rings. The van der Waals surface area contributed by atoms with Crippen LogP contribution in [0.1, 0.15) is 21.5 Å². The SMILES string of the molecule is COc1ccc(-c2oc3ccc(OC)cc3c2C(=O)Nc2cccc(C)c2C)cc1. The quantitative estimate of drug-likeness (QED) is 0.446. The minimum atomic E-state index is -0.235. The zero-order chi connectivity index (χ0) is 21.3. The van der Waals surface area contributed by atoms with Gasteiger partial charge in [0.15, 0.2) is 0 Å². The number of fused-ring (bicyclic) bond motifs is 1. The number of rotatable bonds is 5. The van der Waals surface area contributed by atoms with Gasteiger partial charge in [0.05, 0.1) is 19.8 Å². The van der Waals surface area contributed by atoms with Crippen LogP contribution in [0.2, 0.25) is 0 Å². The van der Waals surface area contributed by atoms with Crippen LogP contribution < -0.4 is 14.8 Å². The molecule has 152 valence electrons. The summed E-state index contributed by atoms with van der Waals surface area (Å²) in [4.78, 5) is 13.4. The van der Waals surface area contributed by atoms with Gasteiger partial charge in [0.1, 0.15) is 22.8 Å². The number of carbonyl (C=O) groups is 1. The summed E-state index contributed by atoms with van der Waals surface area (Å²) < 4.78 is 16.7. The maximum Gasteiger partial charge on any atom is 0.260 e. The van der Waals surface area contributed by atoms with E-state index in [2.05, 4.69) is 5.32 Å². The van der Waals surface area contributed by atoms with Crippen molar-refractivity contribution in [2.24, 2.45) is 0 Å². The Morgan fingerprint density at radius 3 is 2.30 bits per heavy atom. The topological polar surface area (TPSA) is 60.7 Å². The first-order chi connectivity index (χ1) is 14.5. The van der Waals surface area contributed by atoms with Crippen molar-refractivity contribution in [1.29, 1.82) is 0 Å².